The summed E-state index contributed by atoms with van der Waals surface area (Å²) < 4.78 is 13.7. The van der Waals surface area contributed by atoms with E-state index in [1.54, 1.807) is 13.8 Å². The van der Waals surface area contributed by atoms with E-state index in [4.69, 9.17) is 5.73 Å². The van der Waals surface area contributed by atoms with Crippen molar-refractivity contribution < 1.29 is 4.39 Å². The molecule has 2 heteroatoms. The Morgan fingerprint density at radius 3 is 1.84 bits per heavy atom. The van der Waals surface area contributed by atoms with Crippen LogP contribution in [0.25, 0.3) is 0 Å². The van der Waals surface area contributed by atoms with Crippen molar-refractivity contribution in [2.24, 2.45) is 5.73 Å². The third-order valence-electron chi connectivity index (χ3n) is 3.71. The van der Waals surface area contributed by atoms with E-state index in [0.717, 1.165) is 11.1 Å². The second kappa shape index (κ2) is 5.14. The minimum Gasteiger partial charge on any atom is -0.320 e. The Balaban J connectivity index is 2.43. The SMILES string of the molecule is Cc1ccc(C(N)c2cc(C)c(F)c(C)c2)cc1C. The highest BCUT2D eigenvalue weighted by atomic mass is 19.1. The molecule has 100 valence electrons. The second-order valence-corrected chi connectivity index (χ2v) is 5.29. The highest BCUT2D eigenvalue weighted by molar-refractivity contribution is 5.40. The lowest BCUT2D eigenvalue weighted by Crippen LogP contribution is -2.13. The maximum atomic E-state index is 13.7. The summed E-state index contributed by atoms with van der Waals surface area (Å²) in [7, 11) is 0. The standard InChI is InChI=1S/C17H20FN/c1-10-5-6-14(7-11(10)2)17(19)15-8-12(3)16(18)13(4)9-15/h5-9,17H,19H2,1-4H3. The quantitative estimate of drug-likeness (QED) is 0.861. The van der Waals surface area contributed by atoms with Crippen molar-refractivity contribution in [1.82, 2.24) is 0 Å². The zero-order chi connectivity index (χ0) is 14.2. The van der Waals surface area contributed by atoms with Crippen molar-refractivity contribution in [3.63, 3.8) is 0 Å². The molecule has 2 rings (SSSR count). The molecule has 0 amide bonds. The zero-order valence-electron chi connectivity index (χ0n) is 11.9. The Bertz CT molecular complexity index is 594. The lowest BCUT2D eigenvalue weighted by Gasteiger charge is -2.16. The molecule has 0 spiro atoms. The van der Waals surface area contributed by atoms with E-state index >= 15 is 0 Å². The van der Waals surface area contributed by atoms with Crippen LogP contribution in [0, 0.1) is 33.5 Å². The van der Waals surface area contributed by atoms with Crippen molar-refractivity contribution in [3.05, 3.63) is 69.5 Å². The van der Waals surface area contributed by atoms with E-state index in [-0.39, 0.29) is 11.9 Å². The van der Waals surface area contributed by atoms with Crippen molar-refractivity contribution in [1.29, 1.82) is 0 Å². The van der Waals surface area contributed by atoms with Gasteiger partial charge >= 0.3 is 0 Å². The lowest BCUT2D eigenvalue weighted by atomic mass is 9.94. The third-order valence-corrected chi connectivity index (χ3v) is 3.71. The van der Waals surface area contributed by atoms with E-state index in [0.29, 0.717) is 11.1 Å². The van der Waals surface area contributed by atoms with Crippen molar-refractivity contribution in [3.8, 4) is 0 Å². The molecular weight excluding hydrogens is 237 g/mol. The summed E-state index contributed by atoms with van der Waals surface area (Å²) in [6.45, 7) is 7.71. The Kier molecular flexibility index (Phi) is 3.72. The largest absolute Gasteiger partial charge is 0.320 e. The Hall–Kier alpha value is -1.67. The molecule has 0 heterocycles. The minimum atomic E-state index is -0.211. The topological polar surface area (TPSA) is 26.0 Å². The lowest BCUT2D eigenvalue weighted by molar-refractivity contribution is 0.607. The molecule has 0 saturated heterocycles. The first-order valence-corrected chi connectivity index (χ1v) is 6.49. The number of benzene rings is 2. The molecule has 1 atom stereocenters. The molecule has 0 aliphatic rings. The Morgan fingerprint density at radius 1 is 0.789 bits per heavy atom. The van der Waals surface area contributed by atoms with Crippen LogP contribution in [0.4, 0.5) is 4.39 Å². The van der Waals surface area contributed by atoms with Gasteiger partial charge in [0.15, 0.2) is 0 Å². The second-order valence-electron chi connectivity index (χ2n) is 5.29. The molecule has 19 heavy (non-hydrogen) atoms. The molecular formula is C17H20FN. The Labute approximate surface area is 114 Å². The molecule has 1 nitrogen and oxygen atoms in total. The van der Waals surface area contributed by atoms with Crippen LogP contribution in [-0.2, 0) is 0 Å². The maximum absolute atomic E-state index is 13.7. The highest BCUT2D eigenvalue weighted by Gasteiger charge is 2.13. The van der Waals surface area contributed by atoms with E-state index < -0.39 is 0 Å². The van der Waals surface area contributed by atoms with Crippen LogP contribution < -0.4 is 5.73 Å². The van der Waals surface area contributed by atoms with Gasteiger partial charge in [-0.25, -0.2) is 4.39 Å². The molecule has 2 aromatic rings. The monoisotopic (exact) mass is 257 g/mol. The van der Waals surface area contributed by atoms with Gasteiger partial charge in [0.2, 0.25) is 0 Å². The summed E-state index contributed by atoms with van der Waals surface area (Å²) in [5.74, 6) is -0.143. The van der Waals surface area contributed by atoms with Gasteiger partial charge in [-0.05, 0) is 61.1 Å². The molecule has 0 aliphatic carbocycles. The maximum Gasteiger partial charge on any atom is 0.129 e. The van der Waals surface area contributed by atoms with Crippen molar-refractivity contribution in [2.45, 2.75) is 33.7 Å². The van der Waals surface area contributed by atoms with Crippen LogP contribution in [-0.4, -0.2) is 0 Å². The van der Waals surface area contributed by atoms with Gasteiger partial charge in [0.1, 0.15) is 5.82 Å². The van der Waals surface area contributed by atoms with Crippen LogP contribution in [0.1, 0.15) is 39.4 Å². The summed E-state index contributed by atoms with van der Waals surface area (Å²) in [4.78, 5) is 0. The van der Waals surface area contributed by atoms with Gasteiger partial charge < -0.3 is 5.73 Å². The zero-order valence-corrected chi connectivity index (χ0v) is 11.9. The number of rotatable bonds is 2. The minimum absolute atomic E-state index is 0.143. The number of aryl methyl sites for hydroxylation is 4. The molecule has 2 aromatic carbocycles. The summed E-state index contributed by atoms with van der Waals surface area (Å²) in [5.41, 5.74) is 12.1. The first kappa shape index (κ1) is 13.8. The van der Waals surface area contributed by atoms with Crippen LogP contribution in [0.15, 0.2) is 30.3 Å². The van der Waals surface area contributed by atoms with Gasteiger partial charge in [-0.2, -0.15) is 0 Å². The first-order chi connectivity index (χ1) is 8.90. The van der Waals surface area contributed by atoms with Gasteiger partial charge in [-0.15, -0.1) is 0 Å². The molecule has 1 unspecified atom stereocenters. The number of nitrogens with two attached hydrogens (primary N) is 1. The van der Waals surface area contributed by atoms with E-state index in [2.05, 4.69) is 26.0 Å². The van der Waals surface area contributed by atoms with Crippen molar-refractivity contribution >= 4 is 0 Å². The smallest absolute Gasteiger partial charge is 0.129 e. The number of halogens is 1. The molecule has 0 bridgehead atoms. The molecule has 0 radical (unpaired) electrons. The van der Waals surface area contributed by atoms with E-state index in [1.807, 2.05) is 18.2 Å². The Morgan fingerprint density at radius 2 is 1.32 bits per heavy atom. The van der Waals surface area contributed by atoms with Gasteiger partial charge in [0.05, 0.1) is 6.04 Å². The fourth-order valence-corrected chi connectivity index (χ4v) is 2.31. The fraction of sp³-hybridized carbons (Fsp3) is 0.294. The highest BCUT2D eigenvalue weighted by Crippen LogP contribution is 2.25. The molecule has 0 saturated carbocycles. The molecule has 0 aromatic heterocycles. The first-order valence-electron chi connectivity index (χ1n) is 6.49. The molecule has 0 fully saturated rings. The van der Waals surface area contributed by atoms with Crippen LogP contribution in [0.3, 0.4) is 0 Å². The van der Waals surface area contributed by atoms with Gasteiger partial charge in [-0.1, -0.05) is 30.3 Å². The van der Waals surface area contributed by atoms with Gasteiger partial charge in [0.25, 0.3) is 0 Å². The van der Waals surface area contributed by atoms with Gasteiger partial charge in [0, 0.05) is 0 Å². The summed E-state index contributed by atoms with van der Waals surface area (Å²) in [6.07, 6.45) is 0. The van der Waals surface area contributed by atoms with E-state index in [1.165, 1.54) is 11.1 Å². The average molecular weight is 257 g/mol. The molecule has 0 aliphatic heterocycles. The van der Waals surface area contributed by atoms with Crippen LogP contribution in [0.2, 0.25) is 0 Å². The normalized spacial score (nSPS) is 12.5. The fourth-order valence-electron chi connectivity index (χ4n) is 2.31. The number of hydrogen-bond acceptors (Lipinski definition) is 1. The third kappa shape index (κ3) is 2.69. The van der Waals surface area contributed by atoms with Gasteiger partial charge in [-0.3, -0.25) is 0 Å². The summed E-state index contributed by atoms with van der Waals surface area (Å²) in [6, 6.07) is 9.69. The predicted molar refractivity (Wildman–Crippen MR) is 77.8 cm³/mol. The average Bonchev–Trinajstić information content (AvgIpc) is 2.37. The molecule has 2 N–H and O–H groups in total. The van der Waals surface area contributed by atoms with Crippen LogP contribution >= 0.6 is 0 Å². The summed E-state index contributed by atoms with van der Waals surface area (Å²) in [5, 5.41) is 0. The predicted octanol–water partition coefficient (Wildman–Crippen LogP) is 4.11. The summed E-state index contributed by atoms with van der Waals surface area (Å²) >= 11 is 0. The number of hydrogen-bond donors (Lipinski definition) is 1. The van der Waals surface area contributed by atoms with E-state index in [9.17, 15) is 4.39 Å². The van der Waals surface area contributed by atoms with Crippen LogP contribution in [0.5, 0.6) is 0 Å². The van der Waals surface area contributed by atoms with Crippen molar-refractivity contribution in [2.75, 3.05) is 0 Å².